The first-order valence-corrected chi connectivity index (χ1v) is 5.27. The van der Waals surface area contributed by atoms with E-state index in [1.54, 1.807) is 7.11 Å². The van der Waals surface area contributed by atoms with E-state index in [0.717, 1.165) is 28.4 Å². The molecule has 2 nitrogen and oxygen atoms in total. The minimum Gasteiger partial charge on any atom is -0.497 e. The average molecular weight is 214 g/mol. The van der Waals surface area contributed by atoms with E-state index in [1.165, 1.54) is 0 Å². The zero-order valence-corrected chi connectivity index (χ0v) is 9.44. The molecule has 16 heavy (non-hydrogen) atoms. The molecule has 0 N–H and O–H groups in total. The van der Waals surface area contributed by atoms with Gasteiger partial charge in [-0.05, 0) is 28.5 Å². The molecule has 0 spiro atoms. The topological polar surface area (TPSA) is 26.3 Å². The predicted molar refractivity (Wildman–Crippen MR) is 65.0 cm³/mol. The van der Waals surface area contributed by atoms with Crippen LogP contribution in [0.5, 0.6) is 5.75 Å². The lowest BCUT2D eigenvalue weighted by atomic mass is 9.99. The van der Waals surface area contributed by atoms with Gasteiger partial charge >= 0.3 is 0 Å². The molecule has 2 aromatic rings. The number of methoxy groups -OCH3 is 1. The van der Waals surface area contributed by atoms with Gasteiger partial charge in [-0.3, -0.25) is 0 Å². The molecule has 2 heteroatoms. The Labute approximate surface area is 94.8 Å². The van der Waals surface area contributed by atoms with Gasteiger partial charge in [0.25, 0.3) is 0 Å². The van der Waals surface area contributed by atoms with Crippen molar-refractivity contribution in [2.75, 3.05) is 7.11 Å². The highest BCUT2D eigenvalue weighted by molar-refractivity contribution is 5.85. The van der Waals surface area contributed by atoms with Gasteiger partial charge in [0.15, 0.2) is 0 Å². The van der Waals surface area contributed by atoms with Crippen molar-refractivity contribution in [2.45, 2.75) is 12.8 Å². The number of carbonyl (C=O) groups is 1. The van der Waals surface area contributed by atoms with Crippen molar-refractivity contribution >= 4 is 17.1 Å². The molecule has 2 aromatic carbocycles. The number of carbonyl (C=O) groups excluding carboxylic acids is 1. The van der Waals surface area contributed by atoms with Crippen LogP contribution in [0, 0.1) is 0 Å². The molecule has 0 aliphatic carbocycles. The highest BCUT2D eigenvalue weighted by atomic mass is 16.5. The summed E-state index contributed by atoms with van der Waals surface area (Å²) in [6.45, 7) is 1.90. The summed E-state index contributed by atoms with van der Waals surface area (Å²) >= 11 is 0. The lowest BCUT2D eigenvalue weighted by molar-refractivity contribution is -0.108. The van der Waals surface area contributed by atoms with Crippen LogP contribution < -0.4 is 4.74 Å². The summed E-state index contributed by atoms with van der Waals surface area (Å²) in [6, 6.07) is 12.0. The lowest BCUT2D eigenvalue weighted by Crippen LogP contribution is -1.93. The molecule has 0 aliphatic rings. The second-order valence-corrected chi connectivity index (χ2v) is 3.90. The Morgan fingerprint density at radius 1 is 1.12 bits per heavy atom. The molecule has 2 rings (SSSR count). The fourth-order valence-corrected chi connectivity index (χ4v) is 1.73. The second-order valence-electron chi connectivity index (χ2n) is 3.90. The van der Waals surface area contributed by atoms with Gasteiger partial charge in [-0.15, -0.1) is 0 Å². The van der Waals surface area contributed by atoms with Crippen molar-refractivity contribution in [1.29, 1.82) is 0 Å². The van der Waals surface area contributed by atoms with Gasteiger partial charge in [-0.25, -0.2) is 0 Å². The number of fused-ring (bicyclic) bond motifs is 1. The number of aldehydes is 1. The molecule has 0 fully saturated rings. The Hall–Kier alpha value is -1.83. The zero-order chi connectivity index (χ0) is 11.5. The van der Waals surface area contributed by atoms with Gasteiger partial charge in [-0.2, -0.15) is 0 Å². The summed E-state index contributed by atoms with van der Waals surface area (Å²) in [5.41, 5.74) is 1.05. The van der Waals surface area contributed by atoms with Crippen molar-refractivity contribution < 1.29 is 9.53 Å². The van der Waals surface area contributed by atoms with Crippen molar-refractivity contribution in [2.24, 2.45) is 0 Å². The molecule has 82 valence electrons. The van der Waals surface area contributed by atoms with E-state index in [0.29, 0.717) is 0 Å². The van der Waals surface area contributed by atoms with E-state index in [1.807, 2.05) is 43.3 Å². The second kappa shape index (κ2) is 4.35. The minimum absolute atomic E-state index is 0.0495. The van der Waals surface area contributed by atoms with Crippen LogP contribution in [0.25, 0.3) is 10.8 Å². The third-order valence-electron chi connectivity index (χ3n) is 2.80. The molecule has 0 unspecified atom stereocenters. The summed E-state index contributed by atoms with van der Waals surface area (Å²) in [6.07, 6.45) is 0.963. The zero-order valence-electron chi connectivity index (χ0n) is 9.44. The Kier molecular flexibility index (Phi) is 2.91. The highest BCUT2D eigenvalue weighted by Crippen LogP contribution is 2.24. The normalized spacial score (nSPS) is 12.4. The molecule has 0 heterocycles. The van der Waals surface area contributed by atoms with E-state index in [9.17, 15) is 4.79 Å². The average Bonchev–Trinajstić information content (AvgIpc) is 2.36. The van der Waals surface area contributed by atoms with E-state index >= 15 is 0 Å². The Bertz CT molecular complexity index is 517. The largest absolute Gasteiger partial charge is 0.497 e. The van der Waals surface area contributed by atoms with Crippen molar-refractivity contribution in [3.05, 3.63) is 42.0 Å². The first-order chi connectivity index (χ1) is 7.74. The monoisotopic (exact) mass is 214 g/mol. The van der Waals surface area contributed by atoms with Crippen LogP contribution in [0.4, 0.5) is 0 Å². The number of rotatable bonds is 3. The smallest absolute Gasteiger partial charge is 0.127 e. The van der Waals surface area contributed by atoms with Crippen LogP contribution in [0.2, 0.25) is 0 Å². The maximum atomic E-state index is 10.7. The van der Waals surface area contributed by atoms with Crippen LogP contribution in [-0.2, 0) is 4.79 Å². The third kappa shape index (κ3) is 1.91. The van der Waals surface area contributed by atoms with E-state index < -0.39 is 0 Å². The molecular weight excluding hydrogens is 200 g/mol. The third-order valence-corrected chi connectivity index (χ3v) is 2.80. The minimum atomic E-state index is -0.0495. The standard InChI is InChI=1S/C14H14O2/c1-10(9-15)11-3-4-13-8-14(16-2)6-5-12(13)7-11/h3-10H,1-2H3/t10-/m1/s1. The molecular formula is C14H14O2. The summed E-state index contributed by atoms with van der Waals surface area (Å²) in [4.78, 5) is 10.7. The van der Waals surface area contributed by atoms with Crippen LogP contribution in [0.1, 0.15) is 18.4 Å². The van der Waals surface area contributed by atoms with Crippen LogP contribution in [0.3, 0.4) is 0 Å². The number of hydrogen-bond donors (Lipinski definition) is 0. The first-order valence-electron chi connectivity index (χ1n) is 5.27. The molecule has 1 atom stereocenters. The van der Waals surface area contributed by atoms with Crippen molar-refractivity contribution in [3.8, 4) is 5.75 Å². The number of benzene rings is 2. The van der Waals surface area contributed by atoms with Gasteiger partial charge in [0.1, 0.15) is 12.0 Å². The molecule has 0 bridgehead atoms. The van der Waals surface area contributed by atoms with E-state index in [-0.39, 0.29) is 5.92 Å². The van der Waals surface area contributed by atoms with E-state index in [2.05, 4.69) is 0 Å². The van der Waals surface area contributed by atoms with Gasteiger partial charge < -0.3 is 9.53 Å². The highest BCUT2D eigenvalue weighted by Gasteiger charge is 2.04. The van der Waals surface area contributed by atoms with Crippen LogP contribution in [0.15, 0.2) is 36.4 Å². The number of hydrogen-bond acceptors (Lipinski definition) is 2. The molecule has 0 amide bonds. The molecule has 0 aromatic heterocycles. The van der Waals surface area contributed by atoms with Crippen molar-refractivity contribution in [3.63, 3.8) is 0 Å². The molecule has 0 radical (unpaired) electrons. The van der Waals surface area contributed by atoms with E-state index in [4.69, 9.17) is 4.74 Å². The molecule has 0 aliphatic heterocycles. The number of ether oxygens (including phenoxy) is 1. The predicted octanol–water partition coefficient (Wildman–Crippen LogP) is 3.15. The van der Waals surface area contributed by atoms with Crippen LogP contribution >= 0.6 is 0 Å². The Balaban J connectivity index is 2.51. The summed E-state index contributed by atoms with van der Waals surface area (Å²) < 4.78 is 5.16. The maximum Gasteiger partial charge on any atom is 0.127 e. The quantitative estimate of drug-likeness (QED) is 0.734. The summed E-state index contributed by atoms with van der Waals surface area (Å²) in [7, 11) is 1.66. The van der Waals surface area contributed by atoms with Gasteiger partial charge in [0.2, 0.25) is 0 Å². The fraction of sp³-hybridized carbons (Fsp3) is 0.214. The van der Waals surface area contributed by atoms with Gasteiger partial charge in [-0.1, -0.05) is 31.2 Å². The SMILES string of the molecule is COc1ccc2cc([C@H](C)C=O)ccc2c1. The van der Waals surface area contributed by atoms with Crippen LogP contribution in [-0.4, -0.2) is 13.4 Å². The molecule has 0 saturated carbocycles. The summed E-state index contributed by atoms with van der Waals surface area (Å²) in [5, 5.41) is 2.26. The van der Waals surface area contributed by atoms with Gasteiger partial charge in [0, 0.05) is 5.92 Å². The summed E-state index contributed by atoms with van der Waals surface area (Å²) in [5.74, 6) is 0.801. The maximum absolute atomic E-state index is 10.7. The Morgan fingerprint density at radius 3 is 2.50 bits per heavy atom. The lowest BCUT2D eigenvalue weighted by Gasteiger charge is -2.07. The van der Waals surface area contributed by atoms with Gasteiger partial charge in [0.05, 0.1) is 7.11 Å². The first kappa shape index (κ1) is 10.7. The fourth-order valence-electron chi connectivity index (χ4n) is 1.73. The Morgan fingerprint density at radius 2 is 1.81 bits per heavy atom. The molecule has 0 saturated heterocycles. The van der Waals surface area contributed by atoms with Crippen molar-refractivity contribution in [1.82, 2.24) is 0 Å².